The number of hydrogen-bond donors (Lipinski definition) is 2. The number of piperidine rings is 1. The molecule has 0 saturated carbocycles. The maximum atomic E-state index is 12.8. The molecule has 2 atom stereocenters. The van der Waals surface area contributed by atoms with E-state index in [0.29, 0.717) is 16.6 Å². The lowest BCUT2D eigenvalue weighted by molar-refractivity contribution is -0.137. The van der Waals surface area contributed by atoms with Crippen LogP contribution in [-0.2, 0) is 6.18 Å². The monoisotopic (exact) mass is 369 g/mol. The average Bonchev–Trinajstić information content (AvgIpc) is 3.04. The molecule has 2 N–H and O–H groups in total. The van der Waals surface area contributed by atoms with E-state index in [2.05, 4.69) is 22.5 Å². The average molecular weight is 369 g/mol. The molecule has 134 valence electrons. The van der Waals surface area contributed by atoms with E-state index in [1.54, 1.807) is 11.4 Å². The summed E-state index contributed by atoms with van der Waals surface area (Å²) in [7, 11) is 0. The van der Waals surface area contributed by atoms with Crippen molar-refractivity contribution in [2.45, 2.75) is 38.0 Å². The number of rotatable bonds is 3. The van der Waals surface area contributed by atoms with Crippen molar-refractivity contribution in [1.29, 1.82) is 0 Å². The summed E-state index contributed by atoms with van der Waals surface area (Å²) in [5, 5.41) is 8.24. The zero-order valence-electron chi connectivity index (χ0n) is 13.6. The first-order valence-corrected chi connectivity index (χ1v) is 8.88. The molecule has 0 aliphatic carbocycles. The van der Waals surface area contributed by atoms with Crippen LogP contribution < -0.4 is 10.6 Å². The molecule has 1 amide bonds. The Morgan fingerprint density at radius 2 is 2.20 bits per heavy atom. The third-order valence-corrected chi connectivity index (χ3v) is 5.02. The Balaban J connectivity index is 1.73. The van der Waals surface area contributed by atoms with Gasteiger partial charge in [-0.1, -0.05) is 12.1 Å². The summed E-state index contributed by atoms with van der Waals surface area (Å²) in [6, 6.07) is 5.40. The minimum absolute atomic E-state index is 0.0856. The minimum atomic E-state index is -4.40. The molecule has 1 aromatic carbocycles. The summed E-state index contributed by atoms with van der Waals surface area (Å²) in [6.45, 7) is 2.91. The van der Waals surface area contributed by atoms with Crippen LogP contribution in [0.2, 0.25) is 0 Å². The van der Waals surface area contributed by atoms with Gasteiger partial charge < -0.3 is 10.6 Å². The fraction of sp³-hybridized carbons (Fsp3) is 0.412. The molecule has 0 radical (unpaired) electrons. The molecule has 8 heteroatoms. The van der Waals surface area contributed by atoms with Crippen LogP contribution in [0.3, 0.4) is 0 Å². The number of aromatic nitrogens is 1. The molecule has 1 aromatic heterocycles. The van der Waals surface area contributed by atoms with E-state index in [1.165, 1.54) is 6.07 Å². The molecule has 2 unspecified atom stereocenters. The molecule has 1 aliphatic heterocycles. The molecule has 1 aliphatic rings. The fourth-order valence-electron chi connectivity index (χ4n) is 2.86. The van der Waals surface area contributed by atoms with Crippen molar-refractivity contribution in [3.63, 3.8) is 0 Å². The predicted octanol–water partition coefficient (Wildman–Crippen LogP) is 3.70. The summed E-state index contributed by atoms with van der Waals surface area (Å²) in [5.41, 5.74) is -0.132. The van der Waals surface area contributed by atoms with Gasteiger partial charge in [-0.25, -0.2) is 4.98 Å². The first kappa shape index (κ1) is 17.9. The lowest BCUT2D eigenvalue weighted by Crippen LogP contribution is -2.46. The Kier molecular flexibility index (Phi) is 5.10. The number of nitrogens with zero attached hydrogens (tertiary/aromatic N) is 1. The summed E-state index contributed by atoms with van der Waals surface area (Å²) in [5.74, 6) is -0.284. The van der Waals surface area contributed by atoms with Crippen LogP contribution >= 0.6 is 11.3 Å². The molecule has 2 aromatic rings. The molecule has 4 nitrogen and oxygen atoms in total. The SMILES string of the molecule is CC1CC(NC(=O)c2csc(-c3cccc(C(F)(F)F)c3)n2)CCN1. The van der Waals surface area contributed by atoms with Crippen molar-refractivity contribution in [3.8, 4) is 10.6 Å². The second-order valence-electron chi connectivity index (χ2n) is 6.17. The number of halogens is 3. The van der Waals surface area contributed by atoms with Gasteiger partial charge >= 0.3 is 6.18 Å². The Morgan fingerprint density at radius 1 is 1.40 bits per heavy atom. The number of alkyl halides is 3. The van der Waals surface area contributed by atoms with E-state index in [9.17, 15) is 18.0 Å². The normalized spacial score (nSPS) is 21.1. The number of hydrogen-bond acceptors (Lipinski definition) is 4. The Bertz CT molecular complexity index is 760. The zero-order chi connectivity index (χ0) is 18.0. The standard InChI is InChI=1S/C17H18F3N3OS/c1-10-7-13(5-6-21-10)22-15(24)14-9-25-16(23-14)11-3-2-4-12(8-11)17(18,19)20/h2-4,8-10,13,21H,5-7H2,1H3,(H,22,24). The second kappa shape index (κ2) is 7.13. The van der Waals surface area contributed by atoms with E-state index >= 15 is 0 Å². The summed E-state index contributed by atoms with van der Waals surface area (Å²) in [4.78, 5) is 16.5. The van der Waals surface area contributed by atoms with E-state index < -0.39 is 11.7 Å². The lowest BCUT2D eigenvalue weighted by atomic mass is 10.0. The van der Waals surface area contributed by atoms with Crippen LogP contribution in [0.4, 0.5) is 13.2 Å². The number of nitrogens with one attached hydrogen (secondary N) is 2. The molecular weight excluding hydrogens is 351 g/mol. The molecule has 25 heavy (non-hydrogen) atoms. The molecule has 1 fully saturated rings. The van der Waals surface area contributed by atoms with Gasteiger partial charge in [0.2, 0.25) is 0 Å². The van der Waals surface area contributed by atoms with Gasteiger partial charge in [-0.2, -0.15) is 13.2 Å². The van der Waals surface area contributed by atoms with Gasteiger partial charge in [0.05, 0.1) is 5.56 Å². The fourth-order valence-corrected chi connectivity index (χ4v) is 3.66. The quantitative estimate of drug-likeness (QED) is 0.867. The van der Waals surface area contributed by atoms with E-state index in [4.69, 9.17) is 0 Å². The molecule has 0 spiro atoms. The number of amides is 1. The topological polar surface area (TPSA) is 54.0 Å². The number of thiazole rings is 1. The van der Waals surface area contributed by atoms with Crippen LogP contribution in [0.25, 0.3) is 10.6 Å². The number of carbonyl (C=O) groups excluding carboxylic acids is 1. The highest BCUT2D eigenvalue weighted by Gasteiger charge is 2.30. The summed E-state index contributed by atoms with van der Waals surface area (Å²) < 4.78 is 38.5. The zero-order valence-corrected chi connectivity index (χ0v) is 14.4. The van der Waals surface area contributed by atoms with Gasteiger partial charge in [0, 0.05) is 23.0 Å². The maximum absolute atomic E-state index is 12.8. The minimum Gasteiger partial charge on any atom is -0.348 e. The maximum Gasteiger partial charge on any atom is 0.416 e. The first-order valence-electron chi connectivity index (χ1n) is 8.00. The Morgan fingerprint density at radius 3 is 2.92 bits per heavy atom. The highest BCUT2D eigenvalue weighted by Crippen LogP contribution is 2.33. The van der Waals surface area contributed by atoms with Gasteiger partial charge in [0.1, 0.15) is 10.7 Å². The number of benzene rings is 1. The smallest absolute Gasteiger partial charge is 0.348 e. The molecule has 1 saturated heterocycles. The van der Waals surface area contributed by atoms with Gasteiger partial charge in [-0.3, -0.25) is 4.79 Å². The van der Waals surface area contributed by atoms with Crippen LogP contribution in [0.1, 0.15) is 35.8 Å². The van der Waals surface area contributed by atoms with Crippen molar-refractivity contribution in [1.82, 2.24) is 15.6 Å². The Hall–Kier alpha value is -1.93. The van der Waals surface area contributed by atoms with Gasteiger partial charge in [-0.05, 0) is 38.4 Å². The van der Waals surface area contributed by atoms with Crippen LogP contribution in [0, 0.1) is 0 Å². The third-order valence-electron chi connectivity index (χ3n) is 4.13. The van der Waals surface area contributed by atoms with Crippen molar-refractivity contribution in [3.05, 3.63) is 40.9 Å². The first-order chi connectivity index (χ1) is 11.8. The molecular formula is C17H18F3N3OS. The van der Waals surface area contributed by atoms with Crippen molar-refractivity contribution in [2.24, 2.45) is 0 Å². The lowest BCUT2D eigenvalue weighted by Gasteiger charge is -2.28. The van der Waals surface area contributed by atoms with Crippen molar-refractivity contribution in [2.75, 3.05) is 6.54 Å². The van der Waals surface area contributed by atoms with E-state index in [1.807, 2.05) is 0 Å². The highest BCUT2D eigenvalue weighted by molar-refractivity contribution is 7.13. The van der Waals surface area contributed by atoms with Crippen LogP contribution in [-0.4, -0.2) is 29.5 Å². The second-order valence-corrected chi connectivity index (χ2v) is 7.02. The predicted molar refractivity (Wildman–Crippen MR) is 90.5 cm³/mol. The van der Waals surface area contributed by atoms with Gasteiger partial charge in [-0.15, -0.1) is 11.3 Å². The van der Waals surface area contributed by atoms with Gasteiger partial charge in [0.25, 0.3) is 5.91 Å². The van der Waals surface area contributed by atoms with Crippen molar-refractivity contribution >= 4 is 17.2 Å². The van der Waals surface area contributed by atoms with E-state index in [0.717, 1.165) is 42.9 Å². The highest BCUT2D eigenvalue weighted by atomic mass is 32.1. The molecule has 2 heterocycles. The molecule has 0 bridgehead atoms. The third kappa shape index (κ3) is 4.38. The summed E-state index contributed by atoms with van der Waals surface area (Å²) in [6.07, 6.45) is -2.71. The number of carbonyl (C=O) groups is 1. The Labute approximate surface area is 147 Å². The van der Waals surface area contributed by atoms with Crippen LogP contribution in [0.5, 0.6) is 0 Å². The van der Waals surface area contributed by atoms with Crippen molar-refractivity contribution < 1.29 is 18.0 Å². The molecule has 3 rings (SSSR count). The summed E-state index contributed by atoms with van der Waals surface area (Å²) >= 11 is 1.16. The largest absolute Gasteiger partial charge is 0.416 e. The van der Waals surface area contributed by atoms with E-state index in [-0.39, 0.29) is 17.6 Å². The van der Waals surface area contributed by atoms with Crippen LogP contribution in [0.15, 0.2) is 29.6 Å². The van der Waals surface area contributed by atoms with Gasteiger partial charge in [0.15, 0.2) is 0 Å².